The highest BCUT2D eigenvalue weighted by Gasteiger charge is 2.26. The normalized spacial score (nSPS) is 16.0. The molecule has 3 aromatic rings. The van der Waals surface area contributed by atoms with Crippen LogP contribution in [0.2, 0.25) is 10.0 Å². The molecule has 29 heavy (non-hydrogen) atoms. The van der Waals surface area contributed by atoms with Gasteiger partial charge in [-0.15, -0.1) is 5.06 Å². The van der Waals surface area contributed by atoms with Crippen molar-refractivity contribution in [3.05, 3.63) is 87.7 Å². The van der Waals surface area contributed by atoms with Crippen molar-refractivity contribution in [3.63, 3.8) is 0 Å². The number of rotatable bonds is 5. The molecule has 0 aromatic heterocycles. The van der Waals surface area contributed by atoms with Gasteiger partial charge in [-0.3, -0.25) is 0 Å². The molecule has 3 aromatic carbocycles. The first-order chi connectivity index (χ1) is 14.0. The molecule has 1 aliphatic rings. The van der Waals surface area contributed by atoms with E-state index >= 15 is 0 Å². The summed E-state index contributed by atoms with van der Waals surface area (Å²) in [6, 6.07) is 16.5. The third kappa shape index (κ3) is 4.45. The average molecular weight is 433 g/mol. The predicted molar refractivity (Wildman–Crippen MR) is 109 cm³/mol. The fourth-order valence-corrected chi connectivity index (χ4v) is 3.40. The van der Waals surface area contributed by atoms with Gasteiger partial charge in [0.15, 0.2) is 18.3 Å². The summed E-state index contributed by atoms with van der Waals surface area (Å²) >= 11 is 12.0. The van der Waals surface area contributed by atoms with Gasteiger partial charge < -0.3 is 14.7 Å². The lowest BCUT2D eigenvalue weighted by atomic mass is 10.1. The number of hydroxylamine groups is 2. The van der Waals surface area contributed by atoms with E-state index in [0.717, 1.165) is 5.56 Å². The van der Waals surface area contributed by atoms with Crippen molar-refractivity contribution < 1.29 is 19.1 Å². The van der Waals surface area contributed by atoms with Crippen molar-refractivity contribution in [1.82, 2.24) is 5.06 Å². The van der Waals surface area contributed by atoms with Crippen LogP contribution in [-0.2, 0) is 11.4 Å². The average Bonchev–Trinajstić information content (AvgIpc) is 3.15. The topological polar surface area (TPSA) is 54.3 Å². The number of aliphatic imine (C=N–C) groups is 1. The van der Waals surface area contributed by atoms with Gasteiger partial charge in [0.05, 0.1) is 16.6 Å². The first kappa shape index (κ1) is 19.5. The Kier molecular flexibility index (Phi) is 5.58. The minimum absolute atomic E-state index is 0.147. The second-order valence-electron chi connectivity index (χ2n) is 6.35. The minimum atomic E-state index is -0.450. The minimum Gasteiger partial charge on any atom is -0.505 e. The number of hydrogen-bond acceptors (Lipinski definition) is 5. The zero-order valence-corrected chi connectivity index (χ0v) is 16.4. The Labute approximate surface area is 176 Å². The number of benzene rings is 3. The number of aromatic hydroxyl groups is 1. The van der Waals surface area contributed by atoms with Crippen LogP contribution in [0.25, 0.3) is 0 Å². The number of nitrogens with zero attached hydrogens (tertiary/aromatic N) is 2. The molecule has 0 saturated carbocycles. The highest BCUT2D eigenvalue weighted by Crippen LogP contribution is 2.37. The SMILES string of the molecule is Oc1c(Cl)cc(C2N=CON2Cc2ccc(Oc3cccc(F)c3)cc2)cc1Cl. The lowest BCUT2D eigenvalue weighted by Gasteiger charge is -2.21. The van der Waals surface area contributed by atoms with E-state index in [-0.39, 0.29) is 21.6 Å². The molecule has 1 atom stereocenters. The van der Waals surface area contributed by atoms with Crippen LogP contribution < -0.4 is 4.74 Å². The van der Waals surface area contributed by atoms with Crippen LogP contribution in [0.1, 0.15) is 17.3 Å². The van der Waals surface area contributed by atoms with Crippen LogP contribution in [0.4, 0.5) is 4.39 Å². The Hall–Kier alpha value is -2.80. The van der Waals surface area contributed by atoms with Gasteiger partial charge in [0.1, 0.15) is 17.3 Å². The van der Waals surface area contributed by atoms with Crippen LogP contribution in [-0.4, -0.2) is 16.6 Å². The summed E-state index contributed by atoms with van der Waals surface area (Å²) in [6.45, 7) is 0.432. The fraction of sp³-hybridized carbons (Fsp3) is 0.0952. The Morgan fingerprint density at radius 2 is 1.76 bits per heavy atom. The van der Waals surface area contributed by atoms with Crippen molar-refractivity contribution in [3.8, 4) is 17.2 Å². The molecule has 1 unspecified atom stereocenters. The Morgan fingerprint density at radius 3 is 2.45 bits per heavy atom. The van der Waals surface area contributed by atoms with Crippen molar-refractivity contribution >= 4 is 29.6 Å². The molecule has 0 spiro atoms. The lowest BCUT2D eigenvalue weighted by Crippen LogP contribution is -2.22. The van der Waals surface area contributed by atoms with Crippen molar-refractivity contribution in [2.24, 2.45) is 4.99 Å². The summed E-state index contributed by atoms with van der Waals surface area (Å²) in [5.74, 6) is 0.493. The quantitative estimate of drug-likeness (QED) is 0.528. The molecule has 1 aliphatic heterocycles. The fourth-order valence-electron chi connectivity index (χ4n) is 2.90. The lowest BCUT2D eigenvalue weighted by molar-refractivity contribution is -0.0886. The molecule has 1 N–H and O–H groups in total. The molecular formula is C21H15Cl2FN2O3. The van der Waals surface area contributed by atoms with E-state index in [1.165, 1.54) is 18.5 Å². The van der Waals surface area contributed by atoms with E-state index in [1.54, 1.807) is 41.5 Å². The van der Waals surface area contributed by atoms with E-state index < -0.39 is 6.17 Å². The zero-order chi connectivity index (χ0) is 20.4. The van der Waals surface area contributed by atoms with Gasteiger partial charge in [-0.25, -0.2) is 9.38 Å². The van der Waals surface area contributed by atoms with E-state index in [4.69, 9.17) is 32.8 Å². The van der Waals surface area contributed by atoms with Crippen LogP contribution in [0.3, 0.4) is 0 Å². The van der Waals surface area contributed by atoms with E-state index in [2.05, 4.69) is 4.99 Å². The summed E-state index contributed by atoms with van der Waals surface area (Å²) in [4.78, 5) is 9.79. The number of phenolic OH excluding ortho intramolecular Hbond substituents is 1. The van der Waals surface area contributed by atoms with Gasteiger partial charge in [-0.1, -0.05) is 41.4 Å². The molecule has 0 saturated heterocycles. The van der Waals surface area contributed by atoms with Crippen molar-refractivity contribution in [1.29, 1.82) is 0 Å². The Morgan fingerprint density at radius 1 is 1.03 bits per heavy atom. The Bertz CT molecular complexity index is 1040. The molecule has 0 bridgehead atoms. The summed E-state index contributed by atoms with van der Waals surface area (Å²) < 4.78 is 18.9. The maximum Gasteiger partial charge on any atom is 0.198 e. The molecule has 1 heterocycles. The zero-order valence-electron chi connectivity index (χ0n) is 14.9. The first-order valence-electron chi connectivity index (χ1n) is 8.65. The summed E-state index contributed by atoms with van der Waals surface area (Å²) in [5.41, 5.74) is 1.64. The molecule has 148 valence electrons. The standard InChI is InChI=1S/C21H15Cl2FN2O3/c22-18-8-14(9-19(23)20(18)27)21-25-12-28-26(21)11-13-4-6-16(7-5-13)29-17-3-1-2-15(24)10-17/h1-10,12,21,27H,11H2. The molecule has 5 nitrogen and oxygen atoms in total. The largest absolute Gasteiger partial charge is 0.505 e. The predicted octanol–water partition coefficient (Wildman–Crippen LogP) is 6.10. The monoisotopic (exact) mass is 432 g/mol. The maximum atomic E-state index is 13.3. The van der Waals surface area contributed by atoms with Gasteiger partial charge in [0, 0.05) is 6.07 Å². The van der Waals surface area contributed by atoms with Gasteiger partial charge in [-0.05, 0) is 47.5 Å². The summed E-state index contributed by atoms with van der Waals surface area (Å²) in [5, 5.41) is 11.7. The molecule has 8 heteroatoms. The second kappa shape index (κ2) is 8.29. The van der Waals surface area contributed by atoms with Crippen LogP contribution in [0.15, 0.2) is 65.7 Å². The number of hydrogen-bond donors (Lipinski definition) is 1. The van der Waals surface area contributed by atoms with Gasteiger partial charge in [-0.2, -0.15) is 0 Å². The second-order valence-corrected chi connectivity index (χ2v) is 7.16. The highest BCUT2D eigenvalue weighted by molar-refractivity contribution is 6.37. The summed E-state index contributed by atoms with van der Waals surface area (Å²) in [6.07, 6.45) is 0.898. The Balaban J connectivity index is 1.46. The molecule has 0 fully saturated rings. The van der Waals surface area contributed by atoms with Crippen molar-refractivity contribution in [2.45, 2.75) is 12.7 Å². The van der Waals surface area contributed by atoms with E-state index in [9.17, 15) is 9.50 Å². The molecular weight excluding hydrogens is 418 g/mol. The third-order valence-corrected chi connectivity index (χ3v) is 4.86. The van der Waals surface area contributed by atoms with Crippen molar-refractivity contribution in [2.75, 3.05) is 0 Å². The number of phenols is 1. The molecule has 0 aliphatic carbocycles. The first-order valence-corrected chi connectivity index (χ1v) is 9.40. The van der Waals surface area contributed by atoms with Crippen LogP contribution in [0, 0.1) is 5.82 Å². The van der Waals surface area contributed by atoms with Gasteiger partial charge in [0.25, 0.3) is 0 Å². The van der Waals surface area contributed by atoms with E-state index in [1.807, 2.05) is 12.1 Å². The van der Waals surface area contributed by atoms with Gasteiger partial charge in [0.2, 0.25) is 0 Å². The number of halogens is 3. The highest BCUT2D eigenvalue weighted by atomic mass is 35.5. The van der Waals surface area contributed by atoms with Crippen LogP contribution in [0.5, 0.6) is 17.2 Å². The van der Waals surface area contributed by atoms with E-state index in [0.29, 0.717) is 23.6 Å². The van der Waals surface area contributed by atoms with Crippen LogP contribution >= 0.6 is 23.2 Å². The molecule has 4 rings (SSSR count). The third-order valence-electron chi connectivity index (χ3n) is 4.29. The number of ether oxygens (including phenoxy) is 1. The molecule has 0 radical (unpaired) electrons. The maximum absolute atomic E-state index is 13.3. The molecule has 0 amide bonds. The van der Waals surface area contributed by atoms with Gasteiger partial charge >= 0.3 is 0 Å². The summed E-state index contributed by atoms with van der Waals surface area (Å²) in [7, 11) is 0. The smallest absolute Gasteiger partial charge is 0.198 e.